The molecular formula is C10H12O3S. The Balaban J connectivity index is 2.30. The third-order valence-electron chi connectivity index (χ3n) is 2.61. The maximum atomic E-state index is 11.2. The van der Waals surface area contributed by atoms with E-state index in [2.05, 4.69) is 0 Å². The van der Waals surface area contributed by atoms with E-state index in [1.165, 1.54) is 0 Å². The molecule has 3 nitrogen and oxygen atoms in total. The van der Waals surface area contributed by atoms with Crippen molar-refractivity contribution < 1.29 is 13.5 Å². The first-order chi connectivity index (χ1) is 6.58. The number of hydrogen-bond donors (Lipinski definition) is 1. The van der Waals surface area contributed by atoms with Crippen molar-refractivity contribution in [1.82, 2.24) is 0 Å². The zero-order chi connectivity index (χ0) is 10.2. The van der Waals surface area contributed by atoms with Crippen LogP contribution in [0.1, 0.15) is 17.9 Å². The van der Waals surface area contributed by atoms with E-state index in [0.717, 1.165) is 5.56 Å². The molecule has 0 amide bonds. The van der Waals surface area contributed by atoms with Crippen LogP contribution in [0.3, 0.4) is 0 Å². The van der Waals surface area contributed by atoms with Crippen LogP contribution in [0.25, 0.3) is 0 Å². The molecule has 1 aromatic rings. The van der Waals surface area contributed by atoms with Crippen LogP contribution in [0.4, 0.5) is 0 Å². The van der Waals surface area contributed by atoms with E-state index in [9.17, 15) is 13.5 Å². The van der Waals surface area contributed by atoms with Gasteiger partial charge in [-0.2, -0.15) is 0 Å². The summed E-state index contributed by atoms with van der Waals surface area (Å²) in [4.78, 5) is 0. The Morgan fingerprint density at radius 2 is 2.00 bits per heavy atom. The lowest BCUT2D eigenvalue weighted by Gasteiger charge is -2.09. The lowest BCUT2D eigenvalue weighted by molar-refractivity contribution is 0.463. The van der Waals surface area contributed by atoms with Gasteiger partial charge in [0.25, 0.3) is 0 Å². The molecule has 1 aliphatic rings. The molecule has 0 aliphatic carbocycles. The van der Waals surface area contributed by atoms with Crippen LogP contribution >= 0.6 is 0 Å². The van der Waals surface area contributed by atoms with Gasteiger partial charge in [0, 0.05) is 5.92 Å². The Hall–Kier alpha value is -1.03. The maximum absolute atomic E-state index is 11.2. The predicted octanol–water partition coefficient (Wildman–Crippen LogP) is 1.29. The summed E-state index contributed by atoms with van der Waals surface area (Å²) in [7, 11) is -2.87. The van der Waals surface area contributed by atoms with Gasteiger partial charge in [0.05, 0.1) is 11.5 Å². The minimum Gasteiger partial charge on any atom is -0.508 e. The molecule has 76 valence electrons. The molecule has 1 aromatic carbocycles. The fourth-order valence-electron chi connectivity index (χ4n) is 1.87. The molecule has 1 heterocycles. The minimum atomic E-state index is -2.87. The number of sulfone groups is 1. The lowest BCUT2D eigenvalue weighted by atomic mass is 9.98. The number of benzene rings is 1. The van der Waals surface area contributed by atoms with Gasteiger partial charge in [0.1, 0.15) is 5.75 Å². The zero-order valence-electron chi connectivity index (χ0n) is 7.68. The van der Waals surface area contributed by atoms with Crippen LogP contribution in [0.15, 0.2) is 24.3 Å². The smallest absolute Gasteiger partial charge is 0.150 e. The molecule has 1 aliphatic heterocycles. The fraction of sp³-hybridized carbons (Fsp3) is 0.400. The van der Waals surface area contributed by atoms with Gasteiger partial charge in [0.15, 0.2) is 9.84 Å². The van der Waals surface area contributed by atoms with Gasteiger partial charge in [-0.1, -0.05) is 18.2 Å². The van der Waals surface area contributed by atoms with E-state index in [4.69, 9.17) is 0 Å². The number of para-hydroxylation sites is 1. The highest BCUT2D eigenvalue weighted by Gasteiger charge is 2.30. The summed E-state index contributed by atoms with van der Waals surface area (Å²) in [5, 5.41) is 9.55. The normalized spacial score (nSPS) is 25.0. The minimum absolute atomic E-state index is 0.0267. The van der Waals surface area contributed by atoms with Crippen LogP contribution < -0.4 is 0 Å². The predicted molar refractivity (Wildman–Crippen MR) is 54.1 cm³/mol. The van der Waals surface area contributed by atoms with Gasteiger partial charge in [-0.25, -0.2) is 8.42 Å². The molecule has 4 heteroatoms. The number of rotatable bonds is 1. The average Bonchev–Trinajstić information content (AvgIpc) is 2.47. The van der Waals surface area contributed by atoms with Gasteiger partial charge in [0.2, 0.25) is 0 Å². The van der Waals surface area contributed by atoms with Crippen molar-refractivity contribution in [1.29, 1.82) is 0 Å². The molecule has 0 bridgehead atoms. The molecule has 1 fully saturated rings. The van der Waals surface area contributed by atoms with Crippen molar-refractivity contribution in [2.75, 3.05) is 11.5 Å². The van der Waals surface area contributed by atoms with E-state index in [0.29, 0.717) is 6.42 Å². The number of phenolic OH excluding ortho intramolecular Hbond substituents is 1. The third kappa shape index (κ3) is 1.75. The van der Waals surface area contributed by atoms with Gasteiger partial charge in [-0.3, -0.25) is 0 Å². The summed E-state index contributed by atoms with van der Waals surface area (Å²) in [5.74, 6) is 0.590. The third-order valence-corrected chi connectivity index (χ3v) is 4.38. The first kappa shape index (κ1) is 9.52. The molecular weight excluding hydrogens is 200 g/mol. The first-order valence-electron chi connectivity index (χ1n) is 4.57. The number of phenols is 1. The molecule has 2 rings (SSSR count). The van der Waals surface area contributed by atoms with E-state index in [1.54, 1.807) is 18.2 Å². The van der Waals surface area contributed by atoms with Crippen LogP contribution in [-0.4, -0.2) is 25.0 Å². The summed E-state index contributed by atoms with van der Waals surface area (Å²) in [6.07, 6.45) is 0.625. The molecule has 0 aromatic heterocycles. The van der Waals surface area contributed by atoms with Gasteiger partial charge in [-0.05, 0) is 18.1 Å². The molecule has 1 atom stereocenters. The highest BCUT2D eigenvalue weighted by molar-refractivity contribution is 7.91. The molecule has 14 heavy (non-hydrogen) atoms. The van der Waals surface area contributed by atoms with Crippen LogP contribution in [0, 0.1) is 0 Å². The second-order valence-corrected chi connectivity index (χ2v) is 5.89. The lowest BCUT2D eigenvalue weighted by Crippen LogP contribution is -2.03. The molecule has 0 spiro atoms. The SMILES string of the molecule is O=S1(=O)CCC(c2ccccc2O)C1. The molecule has 1 N–H and O–H groups in total. The summed E-state index contributed by atoms with van der Waals surface area (Å²) in [5.41, 5.74) is 0.758. The molecule has 1 saturated heterocycles. The largest absolute Gasteiger partial charge is 0.508 e. The van der Waals surface area contributed by atoms with Crippen molar-refractivity contribution in [3.05, 3.63) is 29.8 Å². The molecule has 0 saturated carbocycles. The Kier molecular flexibility index (Phi) is 2.23. The second kappa shape index (κ2) is 3.28. The first-order valence-corrected chi connectivity index (χ1v) is 6.39. The molecule has 0 radical (unpaired) electrons. The Morgan fingerprint density at radius 3 is 2.57 bits per heavy atom. The number of hydrogen-bond acceptors (Lipinski definition) is 3. The number of aromatic hydroxyl groups is 1. The van der Waals surface area contributed by atoms with Crippen LogP contribution in [0.5, 0.6) is 5.75 Å². The highest BCUT2D eigenvalue weighted by Crippen LogP contribution is 2.33. The van der Waals surface area contributed by atoms with Gasteiger partial charge in [-0.15, -0.1) is 0 Å². The maximum Gasteiger partial charge on any atom is 0.150 e. The monoisotopic (exact) mass is 212 g/mol. The van der Waals surface area contributed by atoms with Gasteiger partial charge < -0.3 is 5.11 Å². The quantitative estimate of drug-likeness (QED) is 0.763. The zero-order valence-corrected chi connectivity index (χ0v) is 8.50. The van der Waals surface area contributed by atoms with E-state index in [-0.39, 0.29) is 23.2 Å². The summed E-state index contributed by atoms with van der Waals surface area (Å²) >= 11 is 0. The topological polar surface area (TPSA) is 54.4 Å². The highest BCUT2D eigenvalue weighted by atomic mass is 32.2. The molecule has 1 unspecified atom stereocenters. The van der Waals surface area contributed by atoms with Crippen molar-refractivity contribution in [3.8, 4) is 5.75 Å². The Morgan fingerprint density at radius 1 is 1.29 bits per heavy atom. The van der Waals surface area contributed by atoms with Crippen molar-refractivity contribution >= 4 is 9.84 Å². The van der Waals surface area contributed by atoms with E-state index < -0.39 is 9.84 Å². The van der Waals surface area contributed by atoms with E-state index in [1.807, 2.05) is 6.07 Å². The summed E-state index contributed by atoms with van der Waals surface area (Å²) < 4.78 is 22.5. The summed E-state index contributed by atoms with van der Waals surface area (Å²) in [6.45, 7) is 0. The Labute approximate surface area is 83.3 Å². The van der Waals surface area contributed by atoms with Crippen LogP contribution in [0.2, 0.25) is 0 Å². The fourth-order valence-corrected chi connectivity index (χ4v) is 3.64. The van der Waals surface area contributed by atoms with Gasteiger partial charge >= 0.3 is 0 Å². The van der Waals surface area contributed by atoms with Crippen molar-refractivity contribution in [2.45, 2.75) is 12.3 Å². The standard InChI is InChI=1S/C10H12O3S/c11-10-4-2-1-3-9(10)8-5-6-14(12,13)7-8/h1-4,8,11H,5-7H2. The Bertz CT molecular complexity index is 436. The van der Waals surface area contributed by atoms with Crippen LogP contribution in [-0.2, 0) is 9.84 Å². The second-order valence-electron chi connectivity index (χ2n) is 3.66. The average molecular weight is 212 g/mol. The van der Waals surface area contributed by atoms with E-state index >= 15 is 0 Å². The van der Waals surface area contributed by atoms with Crippen molar-refractivity contribution in [2.24, 2.45) is 0 Å². The summed E-state index contributed by atoms with van der Waals surface area (Å²) in [6, 6.07) is 6.95. The van der Waals surface area contributed by atoms with Crippen molar-refractivity contribution in [3.63, 3.8) is 0 Å².